The Morgan fingerprint density at radius 2 is 1.67 bits per heavy atom. The van der Waals surface area contributed by atoms with Gasteiger partial charge in [0.1, 0.15) is 11.7 Å². The summed E-state index contributed by atoms with van der Waals surface area (Å²) in [7, 11) is 0. The molecule has 10 nitrogen and oxygen atoms in total. The van der Waals surface area contributed by atoms with Gasteiger partial charge in [0.05, 0.1) is 17.4 Å². The van der Waals surface area contributed by atoms with E-state index in [1.54, 1.807) is 11.1 Å². The van der Waals surface area contributed by atoms with E-state index in [9.17, 15) is 14.4 Å². The molecule has 0 aliphatic carbocycles. The number of nitrogens with one attached hydrogen (secondary N) is 3. The summed E-state index contributed by atoms with van der Waals surface area (Å²) in [5.41, 5.74) is 7.90. The van der Waals surface area contributed by atoms with Crippen molar-refractivity contribution in [1.82, 2.24) is 25.1 Å². The van der Waals surface area contributed by atoms with Crippen molar-refractivity contribution in [3.05, 3.63) is 135 Å². The molecule has 2 aromatic heterocycles. The van der Waals surface area contributed by atoms with Gasteiger partial charge in [-0.3, -0.25) is 14.4 Å². The number of benzene rings is 3. The summed E-state index contributed by atoms with van der Waals surface area (Å²) in [6, 6.07) is 25.4. The zero-order valence-electron chi connectivity index (χ0n) is 32.5. The van der Waals surface area contributed by atoms with Crippen molar-refractivity contribution in [3.63, 3.8) is 0 Å². The summed E-state index contributed by atoms with van der Waals surface area (Å²) in [4.78, 5) is 54.6. The molecule has 5 aromatic rings. The number of hydrogen-bond acceptors (Lipinski definition) is 6. The molecule has 0 spiro atoms. The minimum atomic E-state index is -0.401. The smallest absolute Gasteiger partial charge is 0.272 e. The molecule has 3 atom stereocenters. The van der Waals surface area contributed by atoms with Crippen molar-refractivity contribution in [1.29, 1.82) is 0 Å². The number of amides is 3. The van der Waals surface area contributed by atoms with E-state index in [1.165, 1.54) is 6.92 Å². The Hall–Kier alpha value is -5.58. The van der Waals surface area contributed by atoms with Gasteiger partial charge in [-0.2, -0.15) is 0 Å². The fraction of sp³-hybridized carbons (Fsp3) is 0.304. The fourth-order valence-electron chi connectivity index (χ4n) is 9.43. The zero-order chi connectivity index (χ0) is 40.1. The molecule has 0 radical (unpaired) electrons. The van der Waals surface area contributed by atoms with Crippen molar-refractivity contribution >= 4 is 74.6 Å². The second-order valence-electron chi connectivity index (χ2n) is 15.8. The number of piperidine rings is 1. The van der Waals surface area contributed by atoms with Gasteiger partial charge in [-0.25, -0.2) is 4.98 Å². The van der Waals surface area contributed by atoms with E-state index in [0.717, 1.165) is 57.3 Å². The maximum Gasteiger partial charge on any atom is 0.272 e. The molecule has 3 N–H and O–H groups in total. The van der Waals surface area contributed by atoms with Gasteiger partial charge in [-0.05, 0) is 96.7 Å². The molecule has 4 aliphatic rings. The second kappa shape index (κ2) is 15.6. The molecule has 6 heterocycles. The van der Waals surface area contributed by atoms with Crippen LogP contribution in [0.2, 0.25) is 10.0 Å². The molecule has 2 fully saturated rings. The van der Waals surface area contributed by atoms with E-state index in [4.69, 9.17) is 28.2 Å². The highest BCUT2D eigenvalue weighted by Gasteiger charge is 2.40. The number of likely N-dealkylation sites (tertiary alicyclic amines) is 1. The predicted molar refractivity (Wildman–Crippen MR) is 231 cm³/mol. The lowest BCUT2D eigenvalue weighted by atomic mass is 9.82. The van der Waals surface area contributed by atoms with Crippen LogP contribution in [-0.2, 0) is 9.59 Å². The highest BCUT2D eigenvalue weighted by atomic mass is 35.5. The van der Waals surface area contributed by atoms with Crippen LogP contribution in [0.25, 0.3) is 22.2 Å². The molecule has 3 unspecified atom stereocenters. The van der Waals surface area contributed by atoms with E-state index in [0.29, 0.717) is 66.1 Å². The van der Waals surface area contributed by atoms with Crippen LogP contribution in [0.5, 0.6) is 0 Å². The van der Waals surface area contributed by atoms with Crippen LogP contribution in [-0.4, -0.2) is 69.2 Å². The van der Waals surface area contributed by atoms with Crippen LogP contribution in [0.4, 0.5) is 11.5 Å². The molecule has 58 heavy (non-hydrogen) atoms. The number of rotatable bonds is 7. The molecule has 3 amide bonds. The lowest BCUT2D eigenvalue weighted by Crippen LogP contribution is -2.51. The normalized spacial score (nSPS) is 20.6. The highest BCUT2D eigenvalue weighted by Crippen LogP contribution is 2.53. The minimum absolute atomic E-state index is 0.0110. The maximum absolute atomic E-state index is 14.9. The highest BCUT2D eigenvalue weighted by molar-refractivity contribution is 6.32. The number of H-pyrrole nitrogens is 1. The minimum Gasteiger partial charge on any atom is -0.355 e. The van der Waals surface area contributed by atoms with E-state index < -0.39 is 6.04 Å². The number of aromatic nitrogens is 2. The number of carbonyl (C=O) groups is 3. The lowest BCUT2D eigenvalue weighted by Gasteiger charge is -2.39. The molecule has 296 valence electrons. The summed E-state index contributed by atoms with van der Waals surface area (Å²) < 4.78 is 0. The topological polar surface area (TPSA) is 114 Å². The lowest BCUT2D eigenvalue weighted by molar-refractivity contribution is -0.137. The quantitative estimate of drug-likeness (QED) is 0.151. The van der Waals surface area contributed by atoms with Crippen LogP contribution in [0.15, 0.2) is 97.3 Å². The van der Waals surface area contributed by atoms with Gasteiger partial charge >= 0.3 is 0 Å². The van der Waals surface area contributed by atoms with Crippen molar-refractivity contribution in [2.45, 2.75) is 64.1 Å². The number of halogens is 2. The Labute approximate surface area is 347 Å². The third-order valence-corrected chi connectivity index (χ3v) is 12.6. The number of allylic oxidation sites excluding steroid dienone is 2. The van der Waals surface area contributed by atoms with Crippen molar-refractivity contribution in [2.75, 3.05) is 29.9 Å². The van der Waals surface area contributed by atoms with Gasteiger partial charge in [-0.15, -0.1) is 0 Å². The first kappa shape index (κ1) is 38.0. The van der Waals surface area contributed by atoms with E-state index in [1.807, 2.05) is 42.5 Å². The maximum atomic E-state index is 14.9. The Bertz CT molecular complexity index is 2470. The molecule has 4 aliphatic heterocycles. The monoisotopic (exact) mass is 813 g/mol. The second-order valence-corrected chi connectivity index (χ2v) is 16.6. The summed E-state index contributed by atoms with van der Waals surface area (Å²) in [5, 5.41) is 8.64. The van der Waals surface area contributed by atoms with Gasteiger partial charge < -0.3 is 30.3 Å². The standard InChI is InChI=1S/C46H45Cl2N7O3/c1-27-9-7-22-55-42(30-14-16-31(47)17-15-30)34-25-32(48)26-36-39(34)40(43(55)38(27)29-10-4-3-5-11-29)41(51-36)46(58)52-35-12-6-20-49-44(35)53-23-18-33(19-24-53)50-45(57)37-13-8-21-54(37)28(2)56/h3-7,10-12,14-17,20,22,25-27,33,37,42,51H,8-9,13,18-19,21,23-24H2,1-2H3,(H,50,57)(H,52,58). The molecule has 0 saturated carbocycles. The molecular weight excluding hydrogens is 769 g/mol. The van der Waals surface area contributed by atoms with Gasteiger partial charge in [0.25, 0.3) is 5.91 Å². The van der Waals surface area contributed by atoms with Gasteiger partial charge in [0.15, 0.2) is 5.82 Å². The van der Waals surface area contributed by atoms with Crippen LogP contribution in [0.1, 0.15) is 84.7 Å². The van der Waals surface area contributed by atoms with Gasteiger partial charge in [0, 0.05) is 71.5 Å². The first-order valence-corrected chi connectivity index (χ1v) is 20.9. The van der Waals surface area contributed by atoms with Crippen molar-refractivity contribution in [2.24, 2.45) is 5.92 Å². The first-order valence-electron chi connectivity index (χ1n) is 20.1. The van der Waals surface area contributed by atoms with Crippen molar-refractivity contribution in [3.8, 4) is 0 Å². The fourth-order valence-corrected chi connectivity index (χ4v) is 9.78. The Balaban J connectivity index is 1.08. The van der Waals surface area contributed by atoms with E-state index in [2.05, 4.69) is 81.0 Å². The number of nitrogens with zero attached hydrogens (tertiary/aromatic N) is 4. The SMILES string of the molecule is CC(=O)N1CCCC1C(=O)NC1CCN(c2ncccc2NC(=O)c2[nH]c3cc(Cl)cc4c3c2C2=C(c3ccccc3)C(C)CC=CN2C4c2ccc(Cl)cc2)CC1. The number of carbonyl (C=O) groups excluding carboxylic acids is 3. The van der Waals surface area contributed by atoms with E-state index in [-0.39, 0.29) is 35.7 Å². The summed E-state index contributed by atoms with van der Waals surface area (Å²) >= 11 is 13.3. The summed E-state index contributed by atoms with van der Waals surface area (Å²) in [5.74, 6) is 0.384. The largest absolute Gasteiger partial charge is 0.355 e. The van der Waals surface area contributed by atoms with Crippen LogP contribution < -0.4 is 15.5 Å². The van der Waals surface area contributed by atoms with Crippen molar-refractivity contribution < 1.29 is 14.4 Å². The Kier molecular flexibility index (Phi) is 10.2. The van der Waals surface area contributed by atoms with Gasteiger partial charge in [0.2, 0.25) is 11.8 Å². The molecule has 9 rings (SSSR count). The third kappa shape index (κ3) is 6.92. The van der Waals surface area contributed by atoms with Gasteiger partial charge in [-0.1, -0.05) is 78.7 Å². The Morgan fingerprint density at radius 1 is 0.897 bits per heavy atom. The molecule has 0 bridgehead atoms. The number of hydrogen-bond donors (Lipinski definition) is 3. The van der Waals surface area contributed by atoms with Crippen LogP contribution >= 0.6 is 23.2 Å². The number of aromatic amines is 1. The average molecular weight is 815 g/mol. The molecule has 12 heteroatoms. The third-order valence-electron chi connectivity index (χ3n) is 12.1. The summed E-state index contributed by atoms with van der Waals surface area (Å²) in [6.45, 7) is 5.68. The summed E-state index contributed by atoms with van der Waals surface area (Å²) in [6.07, 6.45) is 9.88. The van der Waals surface area contributed by atoms with Crippen LogP contribution in [0.3, 0.4) is 0 Å². The number of pyridine rings is 1. The molecular formula is C46H45Cl2N7O3. The molecule has 3 aromatic carbocycles. The molecule has 2 saturated heterocycles. The number of anilines is 2. The first-order chi connectivity index (χ1) is 28.2. The van der Waals surface area contributed by atoms with E-state index >= 15 is 0 Å². The Morgan fingerprint density at radius 3 is 2.43 bits per heavy atom. The zero-order valence-corrected chi connectivity index (χ0v) is 34.0. The predicted octanol–water partition coefficient (Wildman–Crippen LogP) is 9.04. The van der Waals surface area contributed by atoms with Crippen LogP contribution in [0, 0.1) is 5.92 Å². The number of fused-ring (bicyclic) bond motifs is 2. The average Bonchev–Trinajstić information content (AvgIpc) is 3.83.